The summed E-state index contributed by atoms with van der Waals surface area (Å²) in [4.78, 5) is 0. The second-order valence-corrected chi connectivity index (χ2v) is 3.66. The molecule has 0 N–H and O–H groups in total. The Morgan fingerprint density at radius 2 is 1.42 bits per heavy atom. The Bertz CT molecular complexity index is 212. The van der Waals surface area contributed by atoms with Gasteiger partial charge in [-0.15, -0.1) is 0 Å². The zero-order chi connectivity index (χ0) is 9.72. The molecule has 68 valence electrons. The molecule has 0 unspecified atom stereocenters. The summed E-state index contributed by atoms with van der Waals surface area (Å²) in [6.45, 7) is 16.3. The minimum Gasteiger partial charge on any atom is -0.0959 e. The molecule has 0 aromatic heterocycles. The van der Waals surface area contributed by atoms with Gasteiger partial charge in [-0.25, -0.2) is 0 Å². The summed E-state index contributed by atoms with van der Waals surface area (Å²) in [5.74, 6) is 0. The van der Waals surface area contributed by atoms with Crippen LogP contribution >= 0.6 is 0 Å². The van der Waals surface area contributed by atoms with Gasteiger partial charge in [-0.2, -0.15) is 0 Å². The lowest BCUT2D eigenvalue weighted by Crippen LogP contribution is -1.86. The van der Waals surface area contributed by atoms with Crippen molar-refractivity contribution in [2.75, 3.05) is 0 Å². The highest BCUT2D eigenvalue weighted by molar-refractivity contribution is 5.24. The summed E-state index contributed by atoms with van der Waals surface area (Å²) in [6.07, 6.45) is 2.17. The Labute approximate surface area is 76.7 Å². The molecule has 0 saturated heterocycles. The van der Waals surface area contributed by atoms with Crippen LogP contribution in [0.3, 0.4) is 0 Å². The third-order valence-corrected chi connectivity index (χ3v) is 2.26. The predicted molar refractivity (Wildman–Crippen MR) is 57.2 cm³/mol. The van der Waals surface area contributed by atoms with Crippen LogP contribution in [0.5, 0.6) is 0 Å². The molecular weight excluding hydrogens is 144 g/mol. The lowest BCUT2D eigenvalue weighted by molar-refractivity contribution is 0.917. The van der Waals surface area contributed by atoms with Crippen LogP contribution in [0, 0.1) is 0 Å². The highest BCUT2D eigenvalue weighted by Gasteiger charge is 1.97. The van der Waals surface area contributed by atoms with E-state index >= 15 is 0 Å². The highest BCUT2D eigenvalue weighted by atomic mass is 14.0. The molecule has 0 heteroatoms. The molecule has 0 fully saturated rings. The molecule has 0 amide bonds. The summed E-state index contributed by atoms with van der Waals surface area (Å²) in [5, 5.41) is 0. The SMILES string of the molecule is C=C(C)C(=C)CCC(C)=C(C)C. The lowest BCUT2D eigenvalue weighted by Gasteiger charge is -2.06. The van der Waals surface area contributed by atoms with E-state index in [1.54, 1.807) is 0 Å². The topological polar surface area (TPSA) is 0 Å². The average Bonchev–Trinajstić information content (AvgIpc) is 1.98. The Kier molecular flexibility index (Phi) is 4.65. The van der Waals surface area contributed by atoms with Gasteiger partial charge >= 0.3 is 0 Å². The van der Waals surface area contributed by atoms with Gasteiger partial charge in [0.2, 0.25) is 0 Å². The fourth-order valence-electron chi connectivity index (χ4n) is 0.802. The highest BCUT2D eigenvalue weighted by Crippen LogP contribution is 2.17. The van der Waals surface area contributed by atoms with Gasteiger partial charge in [0.05, 0.1) is 0 Å². The normalized spacial score (nSPS) is 9.33. The van der Waals surface area contributed by atoms with Crippen molar-refractivity contribution in [3.63, 3.8) is 0 Å². The number of hydrogen-bond donors (Lipinski definition) is 0. The van der Waals surface area contributed by atoms with E-state index < -0.39 is 0 Å². The first-order chi connectivity index (χ1) is 5.45. The summed E-state index contributed by atoms with van der Waals surface area (Å²) >= 11 is 0. The smallest absolute Gasteiger partial charge is 0.0245 e. The summed E-state index contributed by atoms with van der Waals surface area (Å²) < 4.78 is 0. The van der Waals surface area contributed by atoms with Crippen LogP contribution in [-0.4, -0.2) is 0 Å². The molecule has 0 radical (unpaired) electrons. The maximum absolute atomic E-state index is 3.96. The van der Waals surface area contributed by atoms with Gasteiger partial charge in [0.1, 0.15) is 0 Å². The van der Waals surface area contributed by atoms with Crippen LogP contribution in [0.15, 0.2) is 35.5 Å². The maximum atomic E-state index is 3.96. The molecule has 0 bridgehead atoms. The van der Waals surface area contributed by atoms with Crippen molar-refractivity contribution >= 4 is 0 Å². The van der Waals surface area contributed by atoms with Crippen LogP contribution < -0.4 is 0 Å². The van der Waals surface area contributed by atoms with Crippen molar-refractivity contribution < 1.29 is 0 Å². The van der Waals surface area contributed by atoms with Gasteiger partial charge in [-0.1, -0.05) is 35.5 Å². The Balaban J connectivity index is 3.94. The maximum Gasteiger partial charge on any atom is -0.0245 e. The summed E-state index contributed by atoms with van der Waals surface area (Å²) in [5.41, 5.74) is 5.18. The van der Waals surface area contributed by atoms with E-state index in [9.17, 15) is 0 Å². The van der Waals surface area contributed by atoms with Crippen molar-refractivity contribution in [3.05, 3.63) is 35.5 Å². The molecule has 0 aliphatic heterocycles. The number of rotatable bonds is 4. The molecule has 0 aromatic rings. The second-order valence-electron chi connectivity index (χ2n) is 3.66. The van der Waals surface area contributed by atoms with Gasteiger partial charge < -0.3 is 0 Å². The molecule has 0 saturated carbocycles. The molecule has 0 spiro atoms. The fraction of sp³-hybridized carbons (Fsp3) is 0.500. The number of hydrogen-bond acceptors (Lipinski definition) is 0. The average molecular weight is 164 g/mol. The summed E-state index contributed by atoms with van der Waals surface area (Å²) in [7, 11) is 0. The minimum atomic E-state index is 1.05. The first kappa shape index (κ1) is 11.2. The van der Waals surface area contributed by atoms with Crippen molar-refractivity contribution in [2.24, 2.45) is 0 Å². The van der Waals surface area contributed by atoms with E-state index in [-0.39, 0.29) is 0 Å². The molecule has 0 nitrogen and oxygen atoms in total. The van der Waals surface area contributed by atoms with Crippen molar-refractivity contribution in [2.45, 2.75) is 40.5 Å². The monoisotopic (exact) mass is 164 g/mol. The Morgan fingerprint density at radius 3 is 1.75 bits per heavy atom. The van der Waals surface area contributed by atoms with E-state index in [0.29, 0.717) is 0 Å². The van der Waals surface area contributed by atoms with Crippen LogP contribution in [0.1, 0.15) is 40.5 Å². The first-order valence-corrected chi connectivity index (χ1v) is 4.41. The quantitative estimate of drug-likeness (QED) is 0.430. The van der Waals surface area contributed by atoms with Crippen molar-refractivity contribution in [1.82, 2.24) is 0 Å². The van der Waals surface area contributed by atoms with Crippen LogP contribution in [0.4, 0.5) is 0 Å². The molecule has 0 aromatic carbocycles. The molecule has 0 rings (SSSR count). The van der Waals surface area contributed by atoms with Gasteiger partial charge in [-0.3, -0.25) is 0 Å². The lowest BCUT2D eigenvalue weighted by atomic mass is 10.0. The van der Waals surface area contributed by atoms with Crippen LogP contribution in [-0.2, 0) is 0 Å². The standard InChI is InChI=1S/C12H20/c1-9(2)11(5)7-8-12(6)10(3)4/h1,5,7-8H2,2-4,6H3. The van der Waals surface area contributed by atoms with Gasteiger partial charge in [0, 0.05) is 0 Å². The van der Waals surface area contributed by atoms with E-state index in [4.69, 9.17) is 0 Å². The minimum absolute atomic E-state index is 1.05. The van der Waals surface area contributed by atoms with E-state index in [2.05, 4.69) is 33.9 Å². The fourth-order valence-corrected chi connectivity index (χ4v) is 0.802. The zero-order valence-electron chi connectivity index (χ0n) is 8.83. The van der Waals surface area contributed by atoms with Gasteiger partial charge in [0.15, 0.2) is 0 Å². The van der Waals surface area contributed by atoms with Crippen LogP contribution in [0.25, 0.3) is 0 Å². The second kappa shape index (κ2) is 4.97. The molecule has 0 aliphatic carbocycles. The number of allylic oxidation sites excluding steroid dienone is 4. The molecule has 12 heavy (non-hydrogen) atoms. The third-order valence-electron chi connectivity index (χ3n) is 2.26. The van der Waals surface area contributed by atoms with E-state index in [1.165, 1.54) is 16.7 Å². The van der Waals surface area contributed by atoms with E-state index in [0.717, 1.165) is 18.4 Å². The van der Waals surface area contributed by atoms with E-state index in [1.807, 2.05) is 6.92 Å². The Hall–Kier alpha value is -0.780. The zero-order valence-corrected chi connectivity index (χ0v) is 8.83. The molecular formula is C12H20. The third kappa shape index (κ3) is 4.17. The predicted octanol–water partition coefficient (Wildman–Crippen LogP) is 4.26. The molecule has 0 heterocycles. The summed E-state index contributed by atoms with van der Waals surface area (Å²) in [6, 6.07) is 0. The molecule has 0 atom stereocenters. The Morgan fingerprint density at radius 1 is 0.917 bits per heavy atom. The van der Waals surface area contributed by atoms with Crippen molar-refractivity contribution in [3.8, 4) is 0 Å². The molecule has 0 aliphatic rings. The van der Waals surface area contributed by atoms with Gasteiger partial charge in [0.25, 0.3) is 0 Å². The van der Waals surface area contributed by atoms with Crippen molar-refractivity contribution in [1.29, 1.82) is 0 Å². The van der Waals surface area contributed by atoms with Gasteiger partial charge in [-0.05, 0) is 40.5 Å². The first-order valence-electron chi connectivity index (χ1n) is 4.41. The largest absolute Gasteiger partial charge is 0.0959 e. The van der Waals surface area contributed by atoms with Crippen LogP contribution in [0.2, 0.25) is 0 Å².